The Bertz CT molecular complexity index is 590. The number of carbonyl (C=O) groups is 2. The van der Waals surface area contributed by atoms with E-state index in [4.69, 9.17) is 16.3 Å². The number of benzene rings is 1. The maximum absolute atomic E-state index is 12.6. The van der Waals surface area contributed by atoms with Crippen LogP contribution < -0.4 is 4.74 Å². The van der Waals surface area contributed by atoms with E-state index in [-0.39, 0.29) is 11.4 Å². The van der Waals surface area contributed by atoms with Gasteiger partial charge in [-0.25, -0.2) is 4.79 Å². The SMILES string of the molecule is COc1ccc(Cl)cc1C(=O)C1=C(C(=O)O)CCCC1. The molecule has 0 fully saturated rings. The predicted octanol–water partition coefficient (Wildman–Crippen LogP) is 3.49. The molecule has 0 radical (unpaired) electrons. The summed E-state index contributed by atoms with van der Waals surface area (Å²) in [6.07, 6.45) is 2.53. The van der Waals surface area contributed by atoms with E-state index < -0.39 is 5.97 Å². The Balaban J connectivity index is 2.49. The van der Waals surface area contributed by atoms with Gasteiger partial charge in [-0.15, -0.1) is 0 Å². The van der Waals surface area contributed by atoms with Gasteiger partial charge in [0, 0.05) is 16.2 Å². The normalized spacial score (nSPS) is 15.1. The van der Waals surface area contributed by atoms with Gasteiger partial charge in [-0.2, -0.15) is 0 Å². The molecule has 2 rings (SSSR count). The Kier molecular flexibility index (Phi) is 4.45. The minimum Gasteiger partial charge on any atom is -0.496 e. The molecular formula is C15H15ClO4. The monoisotopic (exact) mass is 294 g/mol. The Hall–Kier alpha value is -1.81. The summed E-state index contributed by atoms with van der Waals surface area (Å²) in [6.45, 7) is 0. The number of ketones is 1. The molecule has 0 heterocycles. The van der Waals surface area contributed by atoms with Gasteiger partial charge in [0.25, 0.3) is 0 Å². The molecule has 5 heteroatoms. The lowest BCUT2D eigenvalue weighted by molar-refractivity contribution is -0.133. The summed E-state index contributed by atoms with van der Waals surface area (Å²) >= 11 is 5.92. The largest absolute Gasteiger partial charge is 0.496 e. The molecule has 0 saturated heterocycles. The molecule has 0 amide bonds. The summed E-state index contributed by atoms with van der Waals surface area (Å²) in [6, 6.07) is 4.76. The number of hydrogen-bond donors (Lipinski definition) is 1. The van der Waals surface area contributed by atoms with Crippen LogP contribution in [0.25, 0.3) is 0 Å². The van der Waals surface area contributed by atoms with Crippen molar-refractivity contribution in [1.82, 2.24) is 0 Å². The number of hydrogen-bond acceptors (Lipinski definition) is 3. The van der Waals surface area contributed by atoms with Gasteiger partial charge in [0.05, 0.1) is 12.7 Å². The number of carboxylic acid groups (broad SMARTS) is 1. The van der Waals surface area contributed by atoms with E-state index in [1.54, 1.807) is 12.1 Å². The summed E-state index contributed by atoms with van der Waals surface area (Å²) in [4.78, 5) is 23.8. The van der Waals surface area contributed by atoms with Crippen LogP contribution in [0.5, 0.6) is 5.75 Å². The molecule has 1 aliphatic rings. The maximum Gasteiger partial charge on any atom is 0.331 e. The van der Waals surface area contributed by atoms with Gasteiger partial charge in [-0.1, -0.05) is 11.6 Å². The van der Waals surface area contributed by atoms with E-state index in [1.807, 2.05) is 0 Å². The third-order valence-corrected chi connectivity index (χ3v) is 3.64. The highest BCUT2D eigenvalue weighted by molar-refractivity contribution is 6.31. The van der Waals surface area contributed by atoms with E-state index in [0.717, 1.165) is 12.8 Å². The number of carbonyl (C=O) groups excluding carboxylic acids is 1. The van der Waals surface area contributed by atoms with Crippen LogP contribution in [0.15, 0.2) is 29.3 Å². The molecule has 0 aliphatic heterocycles. The molecule has 0 spiro atoms. The van der Waals surface area contributed by atoms with E-state index in [2.05, 4.69) is 0 Å². The van der Waals surface area contributed by atoms with Crippen molar-refractivity contribution >= 4 is 23.4 Å². The van der Waals surface area contributed by atoms with Crippen molar-refractivity contribution in [2.24, 2.45) is 0 Å². The van der Waals surface area contributed by atoms with Gasteiger partial charge in [-0.3, -0.25) is 4.79 Å². The van der Waals surface area contributed by atoms with Gasteiger partial charge in [0.1, 0.15) is 5.75 Å². The fraction of sp³-hybridized carbons (Fsp3) is 0.333. The van der Waals surface area contributed by atoms with Gasteiger partial charge in [0.2, 0.25) is 0 Å². The maximum atomic E-state index is 12.6. The van der Waals surface area contributed by atoms with E-state index in [0.29, 0.717) is 34.8 Å². The summed E-state index contributed by atoms with van der Waals surface area (Å²) < 4.78 is 5.16. The first-order valence-corrected chi connectivity index (χ1v) is 6.76. The molecular weight excluding hydrogens is 280 g/mol. The van der Waals surface area contributed by atoms with Crippen LogP contribution in [-0.2, 0) is 4.79 Å². The standard InChI is InChI=1S/C15H15ClO4/c1-20-13-7-6-9(16)8-12(13)14(17)10-4-2-3-5-11(10)15(18)19/h6-8H,2-5H2,1H3,(H,18,19). The third kappa shape index (κ3) is 2.85. The highest BCUT2D eigenvalue weighted by Crippen LogP contribution is 2.31. The Labute approximate surface area is 122 Å². The molecule has 1 N–H and O–H groups in total. The van der Waals surface area contributed by atoms with Crippen LogP contribution in [0.3, 0.4) is 0 Å². The first-order chi connectivity index (χ1) is 9.54. The van der Waals surface area contributed by atoms with Crippen LogP contribution >= 0.6 is 11.6 Å². The van der Waals surface area contributed by atoms with Crippen molar-refractivity contribution in [3.8, 4) is 5.75 Å². The van der Waals surface area contributed by atoms with Crippen molar-refractivity contribution in [2.75, 3.05) is 7.11 Å². The molecule has 0 atom stereocenters. The Morgan fingerprint density at radius 1 is 1.20 bits per heavy atom. The zero-order valence-electron chi connectivity index (χ0n) is 11.1. The summed E-state index contributed by atoms with van der Waals surface area (Å²) in [7, 11) is 1.47. The van der Waals surface area contributed by atoms with E-state index >= 15 is 0 Å². The number of Topliss-reactive ketones (excluding diaryl/α,β-unsaturated/α-hetero) is 1. The van der Waals surface area contributed by atoms with E-state index in [9.17, 15) is 14.7 Å². The average Bonchev–Trinajstić information content (AvgIpc) is 2.46. The second-order valence-corrected chi connectivity index (χ2v) is 5.08. The van der Waals surface area contributed by atoms with Crippen LogP contribution in [0.2, 0.25) is 5.02 Å². The topological polar surface area (TPSA) is 63.6 Å². The lowest BCUT2D eigenvalue weighted by Crippen LogP contribution is -2.16. The van der Waals surface area contributed by atoms with Crippen LogP contribution in [-0.4, -0.2) is 24.0 Å². The summed E-state index contributed by atoms with van der Waals surface area (Å²) in [5.74, 6) is -0.919. The lowest BCUT2D eigenvalue weighted by Gasteiger charge is -2.17. The summed E-state index contributed by atoms with van der Waals surface area (Å²) in [5, 5.41) is 9.64. The minimum absolute atomic E-state index is 0.211. The Morgan fingerprint density at radius 3 is 2.45 bits per heavy atom. The average molecular weight is 295 g/mol. The number of rotatable bonds is 4. The molecule has 4 nitrogen and oxygen atoms in total. The van der Waals surface area contributed by atoms with Crippen molar-refractivity contribution < 1.29 is 19.4 Å². The minimum atomic E-state index is -1.02. The first kappa shape index (κ1) is 14.6. The lowest BCUT2D eigenvalue weighted by atomic mass is 9.87. The molecule has 0 unspecified atom stereocenters. The molecule has 0 aromatic heterocycles. The zero-order valence-corrected chi connectivity index (χ0v) is 11.9. The Morgan fingerprint density at radius 2 is 1.85 bits per heavy atom. The zero-order chi connectivity index (χ0) is 14.7. The van der Waals surface area contributed by atoms with Crippen molar-refractivity contribution in [3.63, 3.8) is 0 Å². The number of ether oxygens (including phenoxy) is 1. The number of halogens is 1. The molecule has 20 heavy (non-hydrogen) atoms. The second kappa shape index (κ2) is 6.09. The molecule has 106 valence electrons. The predicted molar refractivity (Wildman–Crippen MR) is 75.5 cm³/mol. The second-order valence-electron chi connectivity index (χ2n) is 4.64. The van der Waals surface area contributed by atoms with Crippen LogP contribution in [0, 0.1) is 0 Å². The third-order valence-electron chi connectivity index (χ3n) is 3.41. The van der Waals surface area contributed by atoms with E-state index in [1.165, 1.54) is 13.2 Å². The van der Waals surface area contributed by atoms with Gasteiger partial charge in [-0.05, 0) is 43.9 Å². The number of carboxylic acids is 1. The van der Waals surface area contributed by atoms with Crippen molar-refractivity contribution in [2.45, 2.75) is 25.7 Å². The highest BCUT2D eigenvalue weighted by Gasteiger charge is 2.26. The quantitative estimate of drug-likeness (QED) is 0.863. The first-order valence-electron chi connectivity index (χ1n) is 6.38. The molecule has 0 saturated carbocycles. The number of aliphatic carboxylic acids is 1. The smallest absolute Gasteiger partial charge is 0.331 e. The van der Waals surface area contributed by atoms with Crippen LogP contribution in [0.1, 0.15) is 36.0 Å². The molecule has 0 bridgehead atoms. The van der Waals surface area contributed by atoms with Gasteiger partial charge < -0.3 is 9.84 Å². The van der Waals surface area contributed by atoms with Crippen molar-refractivity contribution in [1.29, 1.82) is 0 Å². The molecule has 1 aromatic carbocycles. The molecule has 1 aliphatic carbocycles. The van der Waals surface area contributed by atoms with Crippen LogP contribution in [0.4, 0.5) is 0 Å². The number of allylic oxidation sites excluding steroid dienone is 1. The van der Waals surface area contributed by atoms with Gasteiger partial charge in [0.15, 0.2) is 5.78 Å². The highest BCUT2D eigenvalue weighted by atomic mass is 35.5. The van der Waals surface area contributed by atoms with Crippen molar-refractivity contribution in [3.05, 3.63) is 39.9 Å². The van der Waals surface area contributed by atoms with Gasteiger partial charge >= 0.3 is 5.97 Å². The molecule has 1 aromatic rings. The number of methoxy groups -OCH3 is 1. The fourth-order valence-corrected chi connectivity index (χ4v) is 2.58. The fourth-order valence-electron chi connectivity index (χ4n) is 2.41. The summed E-state index contributed by atoms with van der Waals surface area (Å²) in [5.41, 5.74) is 0.892.